The van der Waals surface area contributed by atoms with Crippen LogP contribution in [0.1, 0.15) is 30.4 Å². The summed E-state index contributed by atoms with van der Waals surface area (Å²) in [5, 5.41) is 9.31. The van der Waals surface area contributed by atoms with Crippen molar-refractivity contribution in [2.45, 2.75) is 31.6 Å². The van der Waals surface area contributed by atoms with Crippen LogP contribution in [-0.4, -0.2) is 11.1 Å². The SMILES string of the molecule is Cc1c(Br)cc(F)cc1C1(C(=O)O)CCC1. The van der Waals surface area contributed by atoms with E-state index < -0.39 is 11.4 Å². The molecule has 86 valence electrons. The van der Waals surface area contributed by atoms with E-state index in [2.05, 4.69) is 15.9 Å². The molecule has 0 radical (unpaired) electrons. The summed E-state index contributed by atoms with van der Waals surface area (Å²) >= 11 is 3.26. The van der Waals surface area contributed by atoms with Crippen LogP contribution in [0.15, 0.2) is 16.6 Å². The average molecular weight is 287 g/mol. The van der Waals surface area contributed by atoms with Crippen molar-refractivity contribution in [2.24, 2.45) is 0 Å². The van der Waals surface area contributed by atoms with Crippen LogP contribution in [0.25, 0.3) is 0 Å². The highest BCUT2D eigenvalue weighted by Gasteiger charge is 2.47. The van der Waals surface area contributed by atoms with Gasteiger partial charge in [-0.2, -0.15) is 0 Å². The van der Waals surface area contributed by atoms with Gasteiger partial charge >= 0.3 is 5.97 Å². The number of rotatable bonds is 2. The van der Waals surface area contributed by atoms with E-state index in [1.807, 2.05) is 6.92 Å². The molecule has 2 rings (SSSR count). The van der Waals surface area contributed by atoms with E-state index in [-0.39, 0.29) is 5.82 Å². The third-order valence-corrected chi connectivity index (χ3v) is 4.26. The summed E-state index contributed by atoms with van der Waals surface area (Å²) in [5.74, 6) is -1.24. The zero-order valence-corrected chi connectivity index (χ0v) is 10.5. The van der Waals surface area contributed by atoms with Crippen LogP contribution < -0.4 is 0 Å². The molecule has 1 N–H and O–H groups in total. The minimum Gasteiger partial charge on any atom is -0.481 e. The first-order chi connectivity index (χ1) is 7.47. The molecule has 0 atom stereocenters. The smallest absolute Gasteiger partial charge is 0.314 e. The summed E-state index contributed by atoms with van der Waals surface area (Å²) in [7, 11) is 0. The lowest BCUT2D eigenvalue weighted by Gasteiger charge is -2.39. The fourth-order valence-electron chi connectivity index (χ4n) is 2.27. The maximum absolute atomic E-state index is 13.3. The lowest BCUT2D eigenvalue weighted by molar-refractivity contribution is -0.147. The van der Waals surface area contributed by atoms with E-state index >= 15 is 0 Å². The minimum absolute atomic E-state index is 0.389. The maximum atomic E-state index is 13.3. The molecule has 1 aromatic rings. The van der Waals surface area contributed by atoms with Crippen molar-refractivity contribution in [3.05, 3.63) is 33.5 Å². The summed E-state index contributed by atoms with van der Waals surface area (Å²) in [6.45, 7) is 1.82. The molecule has 0 spiro atoms. The molecule has 0 heterocycles. The fourth-order valence-corrected chi connectivity index (χ4v) is 2.70. The Morgan fingerprint density at radius 1 is 1.50 bits per heavy atom. The number of carboxylic acids is 1. The van der Waals surface area contributed by atoms with Crippen molar-refractivity contribution in [3.63, 3.8) is 0 Å². The second-order valence-electron chi connectivity index (χ2n) is 4.30. The third-order valence-electron chi connectivity index (χ3n) is 3.44. The van der Waals surface area contributed by atoms with Gasteiger partial charge in [0.25, 0.3) is 0 Å². The summed E-state index contributed by atoms with van der Waals surface area (Å²) in [6, 6.07) is 2.72. The Hall–Kier alpha value is -0.900. The van der Waals surface area contributed by atoms with Crippen LogP contribution in [0.4, 0.5) is 4.39 Å². The van der Waals surface area contributed by atoms with Crippen molar-refractivity contribution in [1.29, 1.82) is 0 Å². The van der Waals surface area contributed by atoms with E-state index in [0.717, 1.165) is 12.0 Å². The largest absolute Gasteiger partial charge is 0.481 e. The lowest BCUT2D eigenvalue weighted by atomic mass is 9.63. The highest BCUT2D eigenvalue weighted by molar-refractivity contribution is 9.10. The van der Waals surface area contributed by atoms with Crippen molar-refractivity contribution < 1.29 is 14.3 Å². The molecule has 16 heavy (non-hydrogen) atoms. The number of hydrogen-bond acceptors (Lipinski definition) is 1. The molecular formula is C12H12BrFO2. The first kappa shape index (κ1) is 11.6. The van der Waals surface area contributed by atoms with Crippen LogP contribution in [0.2, 0.25) is 0 Å². The summed E-state index contributed by atoms with van der Waals surface area (Å²) in [6.07, 6.45) is 2.08. The van der Waals surface area contributed by atoms with Gasteiger partial charge in [0.15, 0.2) is 0 Å². The molecule has 0 aromatic heterocycles. The Morgan fingerprint density at radius 2 is 2.12 bits per heavy atom. The molecule has 0 aliphatic heterocycles. The Bertz CT molecular complexity index is 453. The van der Waals surface area contributed by atoms with Gasteiger partial charge in [-0.3, -0.25) is 4.79 Å². The first-order valence-electron chi connectivity index (χ1n) is 5.17. The molecule has 1 aliphatic carbocycles. The number of benzene rings is 1. The van der Waals surface area contributed by atoms with Gasteiger partial charge in [0.05, 0.1) is 5.41 Å². The van der Waals surface area contributed by atoms with Crippen molar-refractivity contribution in [3.8, 4) is 0 Å². The molecule has 4 heteroatoms. The van der Waals surface area contributed by atoms with Crippen LogP contribution in [0, 0.1) is 12.7 Å². The highest BCUT2D eigenvalue weighted by atomic mass is 79.9. The first-order valence-corrected chi connectivity index (χ1v) is 5.96. The fraction of sp³-hybridized carbons (Fsp3) is 0.417. The highest BCUT2D eigenvalue weighted by Crippen LogP contribution is 2.46. The summed E-state index contributed by atoms with van der Waals surface area (Å²) in [4.78, 5) is 11.3. The van der Waals surface area contributed by atoms with Crippen LogP contribution in [0.5, 0.6) is 0 Å². The molecule has 0 amide bonds. The third kappa shape index (κ3) is 1.56. The van der Waals surface area contributed by atoms with Crippen LogP contribution in [-0.2, 0) is 10.2 Å². The van der Waals surface area contributed by atoms with Gasteiger partial charge in [-0.25, -0.2) is 4.39 Å². The second kappa shape index (κ2) is 3.84. The second-order valence-corrected chi connectivity index (χ2v) is 5.16. The Balaban J connectivity index is 2.59. The molecule has 1 saturated carbocycles. The van der Waals surface area contributed by atoms with Gasteiger partial charge < -0.3 is 5.11 Å². The monoisotopic (exact) mass is 286 g/mol. The maximum Gasteiger partial charge on any atom is 0.314 e. The Morgan fingerprint density at radius 3 is 2.56 bits per heavy atom. The van der Waals surface area contributed by atoms with Crippen molar-refractivity contribution in [1.82, 2.24) is 0 Å². The number of carbonyl (C=O) groups is 1. The zero-order chi connectivity index (χ0) is 11.9. The molecule has 1 aromatic carbocycles. The van der Waals surface area contributed by atoms with Crippen molar-refractivity contribution >= 4 is 21.9 Å². The molecule has 0 saturated heterocycles. The number of halogens is 2. The van der Waals surface area contributed by atoms with Gasteiger partial charge in [0.2, 0.25) is 0 Å². The Kier molecular flexibility index (Phi) is 2.78. The molecule has 1 aliphatic rings. The topological polar surface area (TPSA) is 37.3 Å². The van der Waals surface area contributed by atoms with E-state index in [4.69, 9.17) is 0 Å². The van der Waals surface area contributed by atoms with E-state index in [1.54, 1.807) is 0 Å². The number of hydrogen-bond donors (Lipinski definition) is 1. The molecule has 2 nitrogen and oxygen atoms in total. The molecular weight excluding hydrogens is 275 g/mol. The Labute approximate surface area is 102 Å². The van der Waals surface area contributed by atoms with Gasteiger partial charge in [-0.15, -0.1) is 0 Å². The van der Waals surface area contributed by atoms with E-state index in [9.17, 15) is 14.3 Å². The van der Waals surface area contributed by atoms with E-state index in [1.165, 1.54) is 12.1 Å². The van der Waals surface area contributed by atoms with Crippen molar-refractivity contribution in [2.75, 3.05) is 0 Å². The number of carboxylic acid groups (broad SMARTS) is 1. The van der Waals surface area contributed by atoms with Gasteiger partial charge in [-0.05, 0) is 43.0 Å². The predicted molar refractivity (Wildman–Crippen MR) is 62.0 cm³/mol. The molecule has 1 fully saturated rings. The van der Waals surface area contributed by atoms with Crippen LogP contribution >= 0.6 is 15.9 Å². The normalized spacial score (nSPS) is 17.9. The number of aliphatic carboxylic acids is 1. The molecule has 0 unspecified atom stereocenters. The summed E-state index contributed by atoms with van der Waals surface area (Å²) in [5.41, 5.74) is 0.566. The quantitative estimate of drug-likeness (QED) is 0.905. The summed E-state index contributed by atoms with van der Waals surface area (Å²) < 4.78 is 14.0. The average Bonchev–Trinajstić information content (AvgIpc) is 2.10. The lowest BCUT2D eigenvalue weighted by Crippen LogP contribution is -2.43. The predicted octanol–water partition coefficient (Wildman–Crippen LogP) is 3.40. The standard InChI is InChI=1S/C12H12BrFO2/c1-7-9(5-8(14)6-10(7)13)12(11(15)16)3-2-4-12/h5-6H,2-4H2,1H3,(H,15,16). The zero-order valence-electron chi connectivity index (χ0n) is 8.89. The van der Waals surface area contributed by atoms with E-state index in [0.29, 0.717) is 22.9 Å². The van der Waals surface area contributed by atoms with Gasteiger partial charge in [0.1, 0.15) is 5.82 Å². The van der Waals surface area contributed by atoms with Crippen LogP contribution in [0.3, 0.4) is 0 Å². The van der Waals surface area contributed by atoms with Gasteiger partial charge in [-0.1, -0.05) is 22.4 Å². The van der Waals surface area contributed by atoms with Gasteiger partial charge in [0, 0.05) is 4.47 Å². The molecule has 0 bridgehead atoms. The minimum atomic E-state index is -0.866.